The molecule has 68 valence electrons. The van der Waals surface area contributed by atoms with Crippen LogP contribution in [-0.2, 0) is 0 Å². The van der Waals surface area contributed by atoms with Gasteiger partial charge in [0, 0.05) is 6.54 Å². The predicted octanol–water partition coefficient (Wildman–Crippen LogP) is 2.62. The topological polar surface area (TPSA) is 3.24 Å². The molecule has 1 nitrogen and oxygen atoms in total. The third-order valence-electron chi connectivity index (χ3n) is 2.75. The second-order valence-corrected chi connectivity index (χ2v) is 3.72. The van der Waals surface area contributed by atoms with Crippen molar-refractivity contribution in [2.24, 2.45) is 11.8 Å². The standard InChI is InChI=1S/C10H23N/c1-6-9(3)10(4)8-11(5)7-2/h9-10H,6-8H2,1-5H3/t9-,10-/m0/s1. The zero-order valence-corrected chi connectivity index (χ0v) is 8.72. The average Bonchev–Trinajstić information content (AvgIpc) is 2.02. The van der Waals surface area contributed by atoms with Gasteiger partial charge in [-0.05, 0) is 25.4 Å². The highest BCUT2D eigenvalue weighted by molar-refractivity contribution is 4.63. The summed E-state index contributed by atoms with van der Waals surface area (Å²) in [7, 11) is 2.19. The van der Waals surface area contributed by atoms with E-state index >= 15 is 0 Å². The van der Waals surface area contributed by atoms with Gasteiger partial charge in [-0.25, -0.2) is 0 Å². The average molecular weight is 157 g/mol. The molecule has 0 heterocycles. The molecular formula is C10H23N. The van der Waals surface area contributed by atoms with Gasteiger partial charge in [0.2, 0.25) is 0 Å². The van der Waals surface area contributed by atoms with Crippen molar-refractivity contribution in [1.82, 2.24) is 4.90 Å². The van der Waals surface area contributed by atoms with Crippen LogP contribution < -0.4 is 0 Å². The molecule has 0 N–H and O–H groups in total. The van der Waals surface area contributed by atoms with E-state index in [4.69, 9.17) is 0 Å². The summed E-state index contributed by atoms with van der Waals surface area (Å²) < 4.78 is 0. The van der Waals surface area contributed by atoms with Crippen LogP contribution in [0.25, 0.3) is 0 Å². The largest absolute Gasteiger partial charge is 0.306 e. The molecule has 0 bridgehead atoms. The summed E-state index contributed by atoms with van der Waals surface area (Å²) in [5.41, 5.74) is 0. The molecule has 0 radical (unpaired) electrons. The summed E-state index contributed by atoms with van der Waals surface area (Å²) in [5.74, 6) is 1.70. The lowest BCUT2D eigenvalue weighted by Crippen LogP contribution is -2.27. The maximum Gasteiger partial charge on any atom is 0.000639 e. The second-order valence-electron chi connectivity index (χ2n) is 3.72. The molecule has 11 heavy (non-hydrogen) atoms. The van der Waals surface area contributed by atoms with Crippen LogP contribution in [0.2, 0.25) is 0 Å². The van der Waals surface area contributed by atoms with Crippen LogP contribution >= 0.6 is 0 Å². The molecule has 0 aliphatic carbocycles. The second kappa shape index (κ2) is 5.59. The molecule has 0 spiro atoms. The Morgan fingerprint density at radius 2 is 1.64 bits per heavy atom. The zero-order valence-electron chi connectivity index (χ0n) is 8.72. The van der Waals surface area contributed by atoms with Crippen LogP contribution in [0.3, 0.4) is 0 Å². The van der Waals surface area contributed by atoms with Crippen LogP contribution in [-0.4, -0.2) is 25.0 Å². The first-order valence-electron chi connectivity index (χ1n) is 4.80. The molecule has 0 aliphatic heterocycles. The predicted molar refractivity (Wildman–Crippen MR) is 51.8 cm³/mol. The summed E-state index contributed by atoms with van der Waals surface area (Å²) in [6, 6.07) is 0. The highest BCUT2D eigenvalue weighted by atomic mass is 15.1. The van der Waals surface area contributed by atoms with E-state index in [1.807, 2.05) is 0 Å². The summed E-state index contributed by atoms with van der Waals surface area (Å²) >= 11 is 0. The minimum atomic E-state index is 0.838. The maximum absolute atomic E-state index is 2.39. The quantitative estimate of drug-likeness (QED) is 0.593. The lowest BCUT2D eigenvalue weighted by molar-refractivity contribution is 0.246. The minimum absolute atomic E-state index is 0.838. The number of hydrogen-bond acceptors (Lipinski definition) is 1. The maximum atomic E-state index is 2.39. The SMILES string of the molecule is CC[C@H](C)[C@@H](C)CN(C)CC. The number of hydrogen-bond donors (Lipinski definition) is 0. The highest BCUT2D eigenvalue weighted by Crippen LogP contribution is 2.14. The van der Waals surface area contributed by atoms with Crippen LogP contribution in [0.15, 0.2) is 0 Å². The van der Waals surface area contributed by atoms with E-state index in [0.717, 1.165) is 11.8 Å². The Morgan fingerprint density at radius 3 is 2.00 bits per heavy atom. The molecule has 2 atom stereocenters. The van der Waals surface area contributed by atoms with Gasteiger partial charge < -0.3 is 4.90 Å². The van der Waals surface area contributed by atoms with Gasteiger partial charge in [0.05, 0.1) is 0 Å². The first kappa shape index (κ1) is 11.0. The monoisotopic (exact) mass is 157 g/mol. The molecule has 0 amide bonds. The Morgan fingerprint density at radius 1 is 1.09 bits per heavy atom. The summed E-state index contributed by atoms with van der Waals surface area (Å²) in [6.07, 6.45) is 1.30. The molecule has 0 aromatic carbocycles. The Kier molecular flexibility index (Phi) is 5.57. The van der Waals surface area contributed by atoms with Gasteiger partial charge in [0.25, 0.3) is 0 Å². The first-order chi connectivity index (χ1) is 5.11. The molecule has 0 aromatic heterocycles. The van der Waals surface area contributed by atoms with Gasteiger partial charge in [0.15, 0.2) is 0 Å². The third kappa shape index (κ3) is 4.41. The van der Waals surface area contributed by atoms with Gasteiger partial charge in [-0.2, -0.15) is 0 Å². The lowest BCUT2D eigenvalue weighted by atomic mass is 9.93. The van der Waals surface area contributed by atoms with Crippen molar-refractivity contribution in [2.45, 2.75) is 34.1 Å². The molecule has 0 unspecified atom stereocenters. The van der Waals surface area contributed by atoms with Crippen molar-refractivity contribution in [1.29, 1.82) is 0 Å². The zero-order chi connectivity index (χ0) is 8.85. The first-order valence-corrected chi connectivity index (χ1v) is 4.80. The van der Waals surface area contributed by atoms with Crippen molar-refractivity contribution in [3.8, 4) is 0 Å². The van der Waals surface area contributed by atoms with Crippen molar-refractivity contribution in [3.05, 3.63) is 0 Å². The van der Waals surface area contributed by atoms with E-state index in [1.54, 1.807) is 0 Å². The molecular weight excluding hydrogens is 134 g/mol. The van der Waals surface area contributed by atoms with E-state index in [-0.39, 0.29) is 0 Å². The van der Waals surface area contributed by atoms with Crippen LogP contribution in [0.5, 0.6) is 0 Å². The van der Waals surface area contributed by atoms with E-state index in [1.165, 1.54) is 19.5 Å². The summed E-state index contributed by atoms with van der Waals surface area (Å²) in [4.78, 5) is 2.39. The van der Waals surface area contributed by atoms with E-state index in [0.29, 0.717) is 0 Å². The smallest absolute Gasteiger partial charge is 0.000639 e. The van der Waals surface area contributed by atoms with Gasteiger partial charge in [-0.3, -0.25) is 0 Å². The molecule has 0 aliphatic rings. The van der Waals surface area contributed by atoms with Gasteiger partial charge >= 0.3 is 0 Å². The van der Waals surface area contributed by atoms with Crippen molar-refractivity contribution < 1.29 is 0 Å². The molecule has 0 rings (SSSR count). The van der Waals surface area contributed by atoms with E-state index < -0.39 is 0 Å². The summed E-state index contributed by atoms with van der Waals surface area (Å²) in [5, 5.41) is 0. The normalized spacial score (nSPS) is 16.9. The highest BCUT2D eigenvalue weighted by Gasteiger charge is 2.11. The van der Waals surface area contributed by atoms with Gasteiger partial charge in [-0.15, -0.1) is 0 Å². The third-order valence-corrected chi connectivity index (χ3v) is 2.75. The number of nitrogens with zero attached hydrogens (tertiary/aromatic N) is 1. The van der Waals surface area contributed by atoms with Crippen molar-refractivity contribution >= 4 is 0 Å². The van der Waals surface area contributed by atoms with E-state index in [9.17, 15) is 0 Å². The molecule has 0 saturated heterocycles. The Labute approximate surface area is 71.8 Å². The van der Waals surface area contributed by atoms with E-state index in [2.05, 4.69) is 39.6 Å². The van der Waals surface area contributed by atoms with Crippen LogP contribution in [0.1, 0.15) is 34.1 Å². The van der Waals surface area contributed by atoms with Gasteiger partial charge in [-0.1, -0.05) is 34.1 Å². The summed E-state index contributed by atoms with van der Waals surface area (Å²) in [6.45, 7) is 11.6. The fourth-order valence-electron chi connectivity index (χ4n) is 1.20. The Hall–Kier alpha value is -0.0400. The fourth-order valence-corrected chi connectivity index (χ4v) is 1.20. The molecule has 0 fully saturated rings. The molecule has 0 saturated carbocycles. The fraction of sp³-hybridized carbons (Fsp3) is 1.00. The number of rotatable bonds is 5. The minimum Gasteiger partial charge on any atom is -0.306 e. The van der Waals surface area contributed by atoms with Crippen LogP contribution in [0.4, 0.5) is 0 Å². The Balaban J connectivity index is 3.58. The van der Waals surface area contributed by atoms with Crippen LogP contribution in [0, 0.1) is 11.8 Å². The molecule has 0 aromatic rings. The lowest BCUT2D eigenvalue weighted by Gasteiger charge is -2.23. The molecule has 1 heteroatoms. The van der Waals surface area contributed by atoms with Gasteiger partial charge in [0.1, 0.15) is 0 Å². The van der Waals surface area contributed by atoms with Crippen molar-refractivity contribution in [3.63, 3.8) is 0 Å². The van der Waals surface area contributed by atoms with Crippen molar-refractivity contribution in [2.75, 3.05) is 20.1 Å². The Bertz CT molecular complexity index is 90.9.